The third kappa shape index (κ3) is 3.69. The maximum Gasteiger partial charge on any atom is 0.410 e. The highest BCUT2D eigenvalue weighted by Gasteiger charge is 2.50. The highest BCUT2D eigenvalue weighted by atomic mass is 16.6. The lowest BCUT2D eigenvalue weighted by atomic mass is 9.83. The zero-order valence-corrected chi connectivity index (χ0v) is 14.7. The van der Waals surface area contributed by atoms with Gasteiger partial charge in [0.25, 0.3) is 0 Å². The van der Waals surface area contributed by atoms with Crippen LogP contribution in [0.5, 0.6) is 0 Å². The molecular formula is C19H28N2O2. The summed E-state index contributed by atoms with van der Waals surface area (Å²) in [5.41, 5.74) is 1.13. The van der Waals surface area contributed by atoms with Crippen LogP contribution in [0, 0.1) is 11.3 Å². The Kier molecular flexibility index (Phi) is 4.13. The second-order valence-electron chi connectivity index (χ2n) is 8.37. The van der Waals surface area contributed by atoms with Gasteiger partial charge in [0.1, 0.15) is 5.60 Å². The molecule has 0 unspecified atom stereocenters. The topological polar surface area (TPSA) is 32.8 Å². The van der Waals surface area contributed by atoms with Crippen molar-refractivity contribution in [2.75, 3.05) is 26.2 Å². The standard InChI is InChI=1S/C19H28N2O2/c1-18(2,3)23-17(22)21-12-16-11-20(13-19(16,4)14-21)10-15-8-6-5-7-9-15/h5-9,16H,10-14H2,1-4H3/t16-,19-/m0/s1. The van der Waals surface area contributed by atoms with Gasteiger partial charge in [0.05, 0.1) is 0 Å². The number of benzene rings is 1. The van der Waals surface area contributed by atoms with Crippen molar-refractivity contribution in [2.45, 2.75) is 39.8 Å². The van der Waals surface area contributed by atoms with Gasteiger partial charge < -0.3 is 9.64 Å². The van der Waals surface area contributed by atoms with Gasteiger partial charge in [0.2, 0.25) is 0 Å². The van der Waals surface area contributed by atoms with Gasteiger partial charge in [-0.05, 0) is 32.3 Å². The number of ether oxygens (including phenoxy) is 1. The number of rotatable bonds is 2. The first-order chi connectivity index (χ1) is 10.8. The van der Waals surface area contributed by atoms with Crippen molar-refractivity contribution in [3.63, 3.8) is 0 Å². The van der Waals surface area contributed by atoms with Gasteiger partial charge in [-0.15, -0.1) is 0 Å². The van der Waals surface area contributed by atoms with Crippen molar-refractivity contribution >= 4 is 6.09 Å². The molecule has 0 spiro atoms. The van der Waals surface area contributed by atoms with E-state index in [1.165, 1.54) is 5.56 Å². The zero-order chi connectivity index (χ0) is 16.7. The van der Waals surface area contributed by atoms with Gasteiger partial charge in [-0.3, -0.25) is 4.90 Å². The number of likely N-dealkylation sites (tertiary alicyclic amines) is 2. The van der Waals surface area contributed by atoms with Crippen LogP contribution in [0.15, 0.2) is 30.3 Å². The molecule has 2 fully saturated rings. The lowest BCUT2D eigenvalue weighted by molar-refractivity contribution is 0.0262. The second kappa shape index (κ2) is 5.82. The molecule has 4 heteroatoms. The summed E-state index contributed by atoms with van der Waals surface area (Å²) in [6.07, 6.45) is -0.164. The number of carbonyl (C=O) groups is 1. The summed E-state index contributed by atoms with van der Waals surface area (Å²) in [6, 6.07) is 10.6. The SMILES string of the molecule is CC(C)(C)OC(=O)N1C[C@@H]2CN(Cc3ccccc3)C[C@@]2(C)C1. The largest absolute Gasteiger partial charge is 0.444 e. The van der Waals surface area contributed by atoms with Crippen LogP contribution in [0.3, 0.4) is 0 Å². The zero-order valence-electron chi connectivity index (χ0n) is 14.7. The Bertz CT molecular complexity index is 566. The molecule has 2 aliphatic rings. The van der Waals surface area contributed by atoms with Crippen molar-refractivity contribution in [3.05, 3.63) is 35.9 Å². The third-order valence-corrected chi connectivity index (χ3v) is 4.94. The van der Waals surface area contributed by atoms with Crippen LogP contribution in [0.25, 0.3) is 0 Å². The first-order valence-corrected chi connectivity index (χ1v) is 8.49. The van der Waals surface area contributed by atoms with E-state index in [9.17, 15) is 4.79 Å². The van der Waals surface area contributed by atoms with E-state index in [4.69, 9.17) is 4.74 Å². The van der Waals surface area contributed by atoms with Crippen molar-refractivity contribution in [1.82, 2.24) is 9.80 Å². The fourth-order valence-electron chi connectivity index (χ4n) is 3.89. The molecule has 4 nitrogen and oxygen atoms in total. The van der Waals surface area contributed by atoms with Gasteiger partial charge in [-0.2, -0.15) is 0 Å². The highest BCUT2D eigenvalue weighted by Crippen LogP contribution is 2.42. The maximum absolute atomic E-state index is 12.3. The Morgan fingerprint density at radius 2 is 1.91 bits per heavy atom. The minimum absolute atomic E-state index is 0.164. The number of nitrogens with zero attached hydrogens (tertiary/aromatic N) is 2. The van der Waals surface area contributed by atoms with Gasteiger partial charge in [0, 0.05) is 38.1 Å². The van der Waals surface area contributed by atoms with E-state index in [0.29, 0.717) is 5.92 Å². The smallest absolute Gasteiger partial charge is 0.410 e. The van der Waals surface area contributed by atoms with E-state index < -0.39 is 5.60 Å². The van der Waals surface area contributed by atoms with Crippen LogP contribution < -0.4 is 0 Å². The van der Waals surface area contributed by atoms with Crippen LogP contribution >= 0.6 is 0 Å². The van der Waals surface area contributed by atoms with E-state index in [1.807, 2.05) is 25.7 Å². The molecular weight excluding hydrogens is 288 g/mol. The monoisotopic (exact) mass is 316 g/mol. The van der Waals surface area contributed by atoms with Gasteiger partial charge >= 0.3 is 6.09 Å². The molecule has 0 N–H and O–H groups in total. The van der Waals surface area contributed by atoms with Crippen molar-refractivity contribution < 1.29 is 9.53 Å². The minimum Gasteiger partial charge on any atom is -0.444 e. The Labute approximate surface area is 139 Å². The number of fused-ring (bicyclic) bond motifs is 1. The molecule has 1 aromatic rings. The summed E-state index contributed by atoms with van der Waals surface area (Å²) in [7, 11) is 0. The predicted molar refractivity (Wildman–Crippen MR) is 91.1 cm³/mol. The molecule has 0 aliphatic carbocycles. The Morgan fingerprint density at radius 1 is 1.22 bits per heavy atom. The predicted octanol–water partition coefficient (Wildman–Crippen LogP) is 3.38. The van der Waals surface area contributed by atoms with Crippen molar-refractivity contribution in [2.24, 2.45) is 11.3 Å². The number of hydrogen-bond acceptors (Lipinski definition) is 3. The normalized spacial score (nSPS) is 28.0. The van der Waals surface area contributed by atoms with Gasteiger partial charge in [-0.1, -0.05) is 37.3 Å². The summed E-state index contributed by atoms with van der Waals surface area (Å²) < 4.78 is 5.53. The molecule has 2 heterocycles. The molecule has 2 saturated heterocycles. The molecule has 2 aliphatic heterocycles. The summed E-state index contributed by atoms with van der Waals surface area (Å²) in [4.78, 5) is 16.7. The lowest BCUT2D eigenvalue weighted by Gasteiger charge is -2.27. The van der Waals surface area contributed by atoms with E-state index >= 15 is 0 Å². The quantitative estimate of drug-likeness (QED) is 0.838. The summed E-state index contributed by atoms with van der Waals surface area (Å²) in [6.45, 7) is 12.8. The average Bonchev–Trinajstić information content (AvgIpc) is 2.89. The molecule has 0 aromatic heterocycles. The fraction of sp³-hybridized carbons (Fsp3) is 0.632. The highest BCUT2D eigenvalue weighted by molar-refractivity contribution is 5.68. The van der Waals surface area contributed by atoms with Crippen LogP contribution in [-0.4, -0.2) is 47.7 Å². The van der Waals surface area contributed by atoms with Crippen LogP contribution in [0.4, 0.5) is 4.79 Å². The lowest BCUT2D eigenvalue weighted by Crippen LogP contribution is -2.38. The van der Waals surface area contributed by atoms with E-state index in [2.05, 4.69) is 42.2 Å². The Hall–Kier alpha value is -1.55. The molecule has 1 aromatic carbocycles. The fourth-order valence-corrected chi connectivity index (χ4v) is 3.89. The number of amides is 1. The molecule has 23 heavy (non-hydrogen) atoms. The second-order valence-corrected chi connectivity index (χ2v) is 8.37. The van der Waals surface area contributed by atoms with E-state index in [0.717, 1.165) is 32.7 Å². The van der Waals surface area contributed by atoms with E-state index in [1.54, 1.807) is 0 Å². The van der Waals surface area contributed by atoms with Crippen LogP contribution in [-0.2, 0) is 11.3 Å². The average molecular weight is 316 g/mol. The molecule has 0 radical (unpaired) electrons. The molecule has 126 valence electrons. The molecule has 1 amide bonds. The third-order valence-electron chi connectivity index (χ3n) is 4.94. The van der Waals surface area contributed by atoms with E-state index in [-0.39, 0.29) is 11.5 Å². The Balaban J connectivity index is 1.59. The Morgan fingerprint density at radius 3 is 2.52 bits per heavy atom. The van der Waals surface area contributed by atoms with Crippen LogP contribution in [0.1, 0.15) is 33.3 Å². The number of hydrogen-bond donors (Lipinski definition) is 0. The molecule has 3 rings (SSSR count). The van der Waals surface area contributed by atoms with Gasteiger partial charge in [-0.25, -0.2) is 4.79 Å². The molecule has 2 atom stereocenters. The van der Waals surface area contributed by atoms with Gasteiger partial charge in [0.15, 0.2) is 0 Å². The first-order valence-electron chi connectivity index (χ1n) is 8.49. The summed E-state index contributed by atoms with van der Waals surface area (Å²) >= 11 is 0. The molecule has 0 bridgehead atoms. The summed E-state index contributed by atoms with van der Waals surface area (Å²) in [5.74, 6) is 0.540. The summed E-state index contributed by atoms with van der Waals surface area (Å²) in [5, 5.41) is 0. The molecule has 0 saturated carbocycles. The minimum atomic E-state index is -0.422. The number of carbonyl (C=O) groups excluding carboxylic acids is 1. The van der Waals surface area contributed by atoms with Crippen molar-refractivity contribution in [1.29, 1.82) is 0 Å². The van der Waals surface area contributed by atoms with Crippen molar-refractivity contribution in [3.8, 4) is 0 Å². The first kappa shape index (κ1) is 16.3. The maximum atomic E-state index is 12.3. The van der Waals surface area contributed by atoms with Crippen LogP contribution in [0.2, 0.25) is 0 Å².